The van der Waals surface area contributed by atoms with Gasteiger partial charge in [-0.1, -0.05) is 30.3 Å². The number of Topliss-reactive ketones (excluding diaryl/α,β-unsaturated/α-hetero) is 1. The Morgan fingerprint density at radius 1 is 1.14 bits per heavy atom. The molecule has 0 unspecified atom stereocenters. The molecule has 0 aliphatic rings. The molecule has 0 radical (unpaired) electrons. The number of carbonyl (C=O) groups excluding carboxylic acids is 1. The quantitative estimate of drug-likeness (QED) is 0.514. The third-order valence-corrected chi connectivity index (χ3v) is 4.69. The third kappa shape index (κ3) is 3.08. The second kappa shape index (κ2) is 7.32. The molecule has 28 heavy (non-hydrogen) atoms. The van der Waals surface area contributed by atoms with Gasteiger partial charge in [0.15, 0.2) is 5.78 Å². The normalized spacial score (nSPS) is 11.2. The lowest BCUT2D eigenvalue weighted by atomic mass is 10.0. The highest BCUT2D eigenvalue weighted by Gasteiger charge is 2.22. The maximum absolute atomic E-state index is 13.1. The van der Waals surface area contributed by atoms with Crippen LogP contribution in [0.5, 0.6) is 5.75 Å². The van der Waals surface area contributed by atoms with Crippen molar-refractivity contribution in [3.8, 4) is 5.75 Å². The van der Waals surface area contributed by atoms with Gasteiger partial charge >= 0.3 is 0 Å². The van der Waals surface area contributed by atoms with E-state index in [1.54, 1.807) is 19.1 Å². The molecule has 0 saturated heterocycles. The van der Waals surface area contributed by atoms with Gasteiger partial charge in [-0.15, -0.1) is 0 Å². The van der Waals surface area contributed by atoms with Crippen molar-refractivity contribution in [3.63, 3.8) is 0 Å². The summed E-state index contributed by atoms with van der Waals surface area (Å²) in [6, 6.07) is 13.1. The number of rotatable bonds is 6. The molecule has 2 aromatic carbocycles. The molecule has 6 nitrogen and oxygen atoms in total. The minimum absolute atomic E-state index is 0.0300. The van der Waals surface area contributed by atoms with E-state index >= 15 is 0 Å². The summed E-state index contributed by atoms with van der Waals surface area (Å²) in [4.78, 5) is 25.9. The number of methoxy groups -OCH3 is 1. The van der Waals surface area contributed by atoms with E-state index in [4.69, 9.17) is 13.6 Å². The van der Waals surface area contributed by atoms with Crippen molar-refractivity contribution in [2.24, 2.45) is 0 Å². The fraction of sp³-hybridized carbons (Fsp3) is 0.182. The lowest BCUT2D eigenvalue weighted by molar-refractivity contribution is 0.0987. The molecule has 0 spiro atoms. The van der Waals surface area contributed by atoms with E-state index in [0.717, 1.165) is 5.56 Å². The smallest absolute Gasteiger partial charge is 0.207 e. The molecule has 142 valence electrons. The number of nitrogens with one attached hydrogen (secondary N) is 1. The fourth-order valence-electron chi connectivity index (χ4n) is 3.39. The lowest BCUT2D eigenvalue weighted by Gasteiger charge is -2.10. The van der Waals surface area contributed by atoms with Gasteiger partial charge in [0.05, 0.1) is 25.3 Å². The predicted octanol–water partition coefficient (Wildman–Crippen LogP) is 3.83. The first-order valence-corrected chi connectivity index (χ1v) is 8.89. The number of carbonyl (C=O) groups is 1. The zero-order valence-corrected chi connectivity index (χ0v) is 15.6. The second-order valence-corrected chi connectivity index (χ2v) is 6.49. The van der Waals surface area contributed by atoms with Gasteiger partial charge in [-0.05, 0) is 18.6 Å². The number of aryl methyl sites for hydroxylation is 1. The highest BCUT2D eigenvalue weighted by Crippen LogP contribution is 2.34. The van der Waals surface area contributed by atoms with Crippen LogP contribution < -0.4 is 15.5 Å². The molecule has 0 aliphatic carbocycles. The number of fused-ring (bicyclic) bond motifs is 2. The lowest BCUT2D eigenvalue weighted by Crippen LogP contribution is -2.27. The molecule has 0 amide bonds. The third-order valence-electron chi connectivity index (χ3n) is 4.69. The average molecular weight is 377 g/mol. The monoisotopic (exact) mass is 377 g/mol. The highest BCUT2D eigenvalue weighted by atomic mass is 16.5. The fourth-order valence-corrected chi connectivity index (χ4v) is 3.39. The van der Waals surface area contributed by atoms with Gasteiger partial charge in [-0.25, -0.2) is 0 Å². The molecular formula is C22H19NO5. The Morgan fingerprint density at radius 2 is 1.93 bits per heavy atom. The standard InChI is InChI=1S/C22H19NO5/c1-13-19(16(24)12-23-11-14-6-4-3-5-7-14)21(25)20-18(28-13)10-17-15(8-9-27-17)22(20)26-2/h3-10,23H,11-12H2,1-2H3. The zero-order valence-electron chi connectivity index (χ0n) is 15.6. The maximum atomic E-state index is 13.1. The van der Waals surface area contributed by atoms with Crippen LogP contribution in [0.4, 0.5) is 0 Å². The van der Waals surface area contributed by atoms with E-state index in [9.17, 15) is 9.59 Å². The molecule has 4 aromatic rings. The number of furan rings is 1. The molecular weight excluding hydrogens is 358 g/mol. The van der Waals surface area contributed by atoms with Crippen LogP contribution in [0, 0.1) is 6.92 Å². The van der Waals surface area contributed by atoms with E-state index in [1.807, 2.05) is 30.3 Å². The molecule has 0 fully saturated rings. The van der Waals surface area contributed by atoms with Crippen molar-refractivity contribution in [2.45, 2.75) is 13.5 Å². The predicted molar refractivity (Wildman–Crippen MR) is 106 cm³/mol. The molecule has 2 heterocycles. The summed E-state index contributed by atoms with van der Waals surface area (Å²) >= 11 is 0. The van der Waals surface area contributed by atoms with Gasteiger partial charge in [0.1, 0.15) is 33.6 Å². The SMILES string of the molecule is COc1c2ccoc2cc2oc(C)c(C(=O)CNCc3ccccc3)c(=O)c12. The van der Waals surface area contributed by atoms with Crippen LogP contribution in [-0.4, -0.2) is 19.4 Å². The topological polar surface area (TPSA) is 81.7 Å². The maximum Gasteiger partial charge on any atom is 0.207 e. The Labute approximate surface area is 160 Å². The summed E-state index contributed by atoms with van der Waals surface area (Å²) in [6.45, 7) is 2.18. The Balaban J connectivity index is 1.71. The summed E-state index contributed by atoms with van der Waals surface area (Å²) < 4.78 is 16.6. The van der Waals surface area contributed by atoms with Crippen molar-refractivity contribution in [1.82, 2.24) is 5.32 Å². The first kappa shape index (κ1) is 18.0. The van der Waals surface area contributed by atoms with Gasteiger partial charge in [0, 0.05) is 12.6 Å². The molecule has 1 N–H and O–H groups in total. The number of ketones is 1. The summed E-state index contributed by atoms with van der Waals surface area (Å²) in [5, 5.41) is 3.98. The van der Waals surface area contributed by atoms with Gasteiger partial charge < -0.3 is 18.9 Å². The van der Waals surface area contributed by atoms with Crippen molar-refractivity contribution in [2.75, 3.05) is 13.7 Å². The van der Waals surface area contributed by atoms with E-state index in [0.29, 0.717) is 28.8 Å². The number of ether oxygens (including phenoxy) is 1. The minimum atomic E-state index is -0.398. The van der Waals surface area contributed by atoms with Gasteiger partial charge in [-0.2, -0.15) is 0 Å². The average Bonchev–Trinajstić information content (AvgIpc) is 3.15. The summed E-state index contributed by atoms with van der Waals surface area (Å²) in [5.74, 6) is 0.302. The zero-order chi connectivity index (χ0) is 19.7. The number of hydrogen-bond acceptors (Lipinski definition) is 6. The van der Waals surface area contributed by atoms with Gasteiger partial charge in [0.2, 0.25) is 5.43 Å². The second-order valence-electron chi connectivity index (χ2n) is 6.49. The van der Waals surface area contributed by atoms with Crippen molar-refractivity contribution < 1.29 is 18.4 Å². The molecule has 0 bridgehead atoms. The number of hydrogen-bond donors (Lipinski definition) is 1. The minimum Gasteiger partial charge on any atom is -0.495 e. The van der Waals surface area contributed by atoms with E-state index in [2.05, 4.69) is 5.32 Å². The van der Waals surface area contributed by atoms with E-state index in [-0.39, 0.29) is 29.0 Å². The van der Waals surface area contributed by atoms with Crippen LogP contribution >= 0.6 is 0 Å². The van der Waals surface area contributed by atoms with Crippen LogP contribution in [0.25, 0.3) is 21.9 Å². The van der Waals surface area contributed by atoms with E-state index < -0.39 is 5.43 Å². The summed E-state index contributed by atoms with van der Waals surface area (Å²) in [7, 11) is 1.48. The van der Waals surface area contributed by atoms with Crippen LogP contribution in [0.1, 0.15) is 21.7 Å². The van der Waals surface area contributed by atoms with Gasteiger partial charge in [-0.3, -0.25) is 9.59 Å². The molecule has 0 saturated carbocycles. The number of benzene rings is 2. The molecule has 4 rings (SSSR count). The largest absolute Gasteiger partial charge is 0.495 e. The van der Waals surface area contributed by atoms with Gasteiger partial charge in [0.25, 0.3) is 0 Å². The first-order valence-electron chi connectivity index (χ1n) is 8.89. The Hall–Kier alpha value is -3.38. The first-order chi connectivity index (χ1) is 13.6. The van der Waals surface area contributed by atoms with Crippen LogP contribution in [0.15, 0.2) is 62.4 Å². The van der Waals surface area contributed by atoms with Crippen molar-refractivity contribution >= 4 is 27.7 Å². The molecule has 0 atom stereocenters. The van der Waals surface area contributed by atoms with Crippen molar-refractivity contribution in [3.05, 3.63) is 75.8 Å². The summed E-state index contributed by atoms with van der Waals surface area (Å²) in [6.07, 6.45) is 1.52. The molecule has 2 aromatic heterocycles. The van der Waals surface area contributed by atoms with Crippen LogP contribution in [0.2, 0.25) is 0 Å². The van der Waals surface area contributed by atoms with Crippen LogP contribution in [-0.2, 0) is 6.54 Å². The Bertz CT molecular complexity index is 1220. The van der Waals surface area contributed by atoms with E-state index in [1.165, 1.54) is 13.4 Å². The van der Waals surface area contributed by atoms with Crippen molar-refractivity contribution in [1.29, 1.82) is 0 Å². The molecule has 6 heteroatoms. The summed E-state index contributed by atoms with van der Waals surface area (Å²) in [5.41, 5.74) is 1.58. The Morgan fingerprint density at radius 3 is 2.68 bits per heavy atom. The molecule has 0 aliphatic heterocycles. The van der Waals surface area contributed by atoms with Crippen LogP contribution in [0.3, 0.4) is 0 Å². The Kier molecular flexibility index (Phi) is 4.71. The highest BCUT2D eigenvalue weighted by molar-refractivity contribution is 6.05.